The van der Waals surface area contributed by atoms with Crippen LogP contribution < -0.4 is 14.9 Å². The maximum absolute atomic E-state index is 12.0. The van der Waals surface area contributed by atoms with Crippen molar-refractivity contribution in [3.63, 3.8) is 0 Å². The van der Waals surface area contributed by atoms with E-state index in [4.69, 9.17) is 0 Å². The number of rotatable bonds is 2. The maximum atomic E-state index is 12.0. The SMILES string of the molecule is COC(=O)NN=Cc1c[n+]([O-])c2ccccc2[n+]1[O-]. The lowest BCUT2D eigenvalue weighted by molar-refractivity contribution is -0.629. The Morgan fingerprint density at radius 3 is 2.74 bits per heavy atom. The maximum Gasteiger partial charge on any atom is 0.427 e. The monoisotopic (exact) mass is 262 g/mol. The van der Waals surface area contributed by atoms with Gasteiger partial charge >= 0.3 is 11.8 Å². The van der Waals surface area contributed by atoms with Gasteiger partial charge in [0, 0.05) is 12.1 Å². The smallest absolute Gasteiger partial charge is 0.427 e. The van der Waals surface area contributed by atoms with Crippen molar-refractivity contribution in [3.8, 4) is 0 Å². The molecule has 0 atom stereocenters. The molecule has 0 bridgehead atoms. The quantitative estimate of drug-likeness (QED) is 0.350. The van der Waals surface area contributed by atoms with Crippen LogP contribution in [0.3, 0.4) is 0 Å². The van der Waals surface area contributed by atoms with Crippen molar-refractivity contribution in [3.05, 3.63) is 46.6 Å². The highest BCUT2D eigenvalue weighted by molar-refractivity contribution is 5.78. The average Bonchev–Trinajstić information content (AvgIpc) is 2.44. The molecular weight excluding hydrogens is 252 g/mol. The number of hydrogen-bond acceptors (Lipinski definition) is 5. The van der Waals surface area contributed by atoms with Gasteiger partial charge in [-0.3, -0.25) is 0 Å². The van der Waals surface area contributed by atoms with Crippen LogP contribution in [0.2, 0.25) is 0 Å². The standard InChI is InChI=1S/C11H10N4O4/c1-19-11(16)13-12-6-8-7-14(17)9-4-2-3-5-10(9)15(8)18/h2-7H,1H3,(H,13,16). The number of hydrazone groups is 1. The molecule has 8 heteroatoms. The molecule has 0 saturated heterocycles. The van der Waals surface area contributed by atoms with E-state index in [1.807, 2.05) is 5.43 Å². The van der Waals surface area contributed by atoms with Crippen molar-refractivity contribution in [2.24, 2.45) is 5.10 Å². The number of ether oxygens (including phenoxy) is 1. The van der Waals surface area contributed by atoms with E-state index in [9.17, 15) is 15.2 Å². The summed E-state index contributed by atoms with van der Waals surface area (Å²) in [5.41, 5.74) is 2.46. The van der Waals surface area contributed by atoms with Crippen molar-refractivity contribution >= 4 is 23.3 Å². The molecule has 0 aliphatic heterocycles. The first-order chi connectivity index (χ1) is 9.13. The number of para-hydroxylation sites is 2. The number of aromatic nitrogens is 2. The molecule has 2 aromatic rings. The molecular formula is C11H10N4O4. The molecule has 1 N–H and O–H groups in total. The molecule has 0 fully saturated rings. The molecule has 1 aromatic heterocycles. The van der Waals surface area contributed by atoms with E-state index in [2.05, 4.69) is 9.84 Å². The van der Waals surface area contributed by atoms with Gasteiger partial charge in [0.15, 0.2) is 0 Å². The molecule has 0 aliphatic carbocycles. The third-order valence-corrected chi connectivity index (χ3v) is 2.36. The Hall–Kier alpha value is -2.90. The molecule has 0 saturated carbocycles. The van der Waals surface area contributed by atoms with E-state index in [1.165, 1.54) is 19.2 Å². The molecule has 0 aliphatic rings. The van der Waals surface area contributed by atoms with E-state index < -0.39 is 6.09 Å². The second kappa shape index (κ2) is 5.17. The number of methoxy groups -OCH3 is 1. The number of fused-ring (bicyclic) bond motifs is 1. The summed E-state index contributed by atoms with van der Waals surface area (Å²) in [5, 5.41) is 27.1. The minimum Gasteiger partial charge on any atom is -0.618 e. The highest BCUT2D eigenvalue weighted by Crippen LogP contribution is 2.03. The fourth-order valence-electron chi connectivity index (χ4n) is 1.49. The number of carbonyl (C=O) groups excluding carboxylic acids is 1. The number of hydrogen-bond donors (Lipinski definition) is 1. The van der Waals surface area contributed by atoms with Crippen LogP contribution in [0.15, 0.2) is 35.6 Å². The minimum absolute atomic E-state index is 0.00916. The lowest BCUT2D eigenvalue weighted by Gasteiger charge is -2.05. The Kier molecular flexibility index (Phi) is 3.42. The molecule has 0 unspecified atom stereocenters. The molecule has 1 amide bonds. The largest absolute Gasteiger partial charge is 0.618 e. The summed E-state index contributed by atoms with van der Waals surface area (Å²) in [6, 6.07) is 6.35. The fourth-order valence-corrected chi connectivity index (χ4v) is 1.49. The third-order valence-electron chi connectivity index (χ3n) is 2.36. The zero-order chi connectivity index (χ0) is 13.8. The Bertz CT molecular complexity index is 656. The van der Waals surface area contributed by atoms with Gasteiger partial charge in [-0.05, 0) is 0 Å². The van der Waals surface area contributed by atoms with Gasteiger partial charge in [-0.15, -0.1) is 0 Å². The first kappa shape index (κ1) is 12.6. The van der Waals surface area contributed by atoms with Gasteiger partial charge in [0.25, 0.3) is 17.2 Å². The van der Waals surface area contributed by atoms with Gasteiger partial charge < -0.3 is 15.2 Å². The molecule has 2 rings (SSSR count). The van der Waals surface area contributed by atoms with Gasteiger partial charge in [0.2, 0.25) is 0 Å². The van der Waals surface area contributed by atoms with Gasteiger partial charge in [0.05, 0.1) is 7.11 Å². The van der Waals surface area contributed by atoms with E-state index in [1.54, 1.807) is 12.1 Å². The predicted molar refractivity (Wildman–Crippen MR) is 65.0 cm³/mol. The third kappa shape index (κ3) is 2.51. The van der Waals surface area contributed by atoms with Gasteiger partial charge in [0.1, 0.15) is 6.21 Å². The number of benzene rings is 1. The van der Waals surface area contributed by atoms with Crippen molar-refractivity contribution in [1.29, 1.82) is 0 Å². The zero-order valence-corrected chi connectivity index (χ0v) is 9.94. The number of nitrogens with zero attached hydrogens (tertiary/aromatic N) is 3. The van der Waals surface area contributed by atoms with E-state index in [-0.39, 0.29) is 16.7 Å². The average molecular weight is 262 g/mol. The highest BCUT2D eigenvalue weighted by Gasteiger charge is 2.17. The number of carbonyl (C=O) groups is 1. The van der Waals surface area contributed by atoms with Crippen LogP contribution in [0, 0.1) is 10.4 Å². The van der Waals surface area contributed by atoms with Crippen molar-refractivity contribution in [1.82, 2.24) is 5.43 Å². The molecule has 19 heavy (non-hydrogen) atoms. The van der Waals surface area contributed by atoms with Gasteiger partial charge in [-0.2, -0.15) is 14.6 Å². The number of amides is 1. The summed E-state index contributed by atoms with van der Waals surface area (Å²) in [7, 11) is 1.18. The first-order valence-corrected chi connectivity index (χ1v) is 5.25. The Morgan fingerprint density at radius 1 is 1.37 bits per heavy atom. The van der Waals surface area contributed by atoms with Gasteiger partial charge in [-0.1, -0.05) is 12.1 Å². The fraction of sp³-hybridized carbons (Fsp3) is 0.0909. The van der Waals surface area contributed by atoms with Crippen LogP contribution in [0.5, 0.6) is 0 Å². The summed E-state index contributed by atoms with van der Waals surface area (Å²) in [4.78, 5) is 10.8. The summed E-state index contributed by atoms with van der Waals surface area (Å²) in [6.45, 7) is 0. The minimum atomic E-state index is -0.774. The van der Waals surface area contributed by atoms with Crippen LogP contribution in [0.4, 0.5) is 4.79 Å². The second-order valence-corrected chi connectivity index (χ2v) is 3.52. The van der Waals surface area contributed by atoms with Gasteiger partial charge in [-0.25, -0.2) is 10.2 Å². The molecule has 1 heterocycles. The Morgan fingerprint density at radius 2 is 2.05 bits per heavy atom. The zero-order valence-electron chi connectivity index (χ0n) is 9.94. The normalized spacial score (nSPS) is 10.8. The summed E-state index contributed by atoms with van der Waals surface area (Å²) in [6.07, 6.45) is 1.35. The van der Waals surface area contributed by atoms with Crippen LogP contribution >= 0.6 is 0 Å². The molecule has 1 aromatic carbocycles. The first-order valence-electron chi connectivity index (χ1n) is 5.25. The topological polar surface area (TPSA) is 105 Å². The van der Waals surface area contributed by atoms with Crippen LogP contribution in [0.1, 0.15) is 5.69 Å². The summed E-state index contributed by atoms with van der Waals surface area (Å²) in [5.74, 6) is 0. The van der Waals surface area contributed by atoms with E-state index >= 15 is 0 Å². The lowest BCUT2D eigenvalue weighted by Crippen LogP contribution is -2.41. The predicted octanol–water partition coefficient (Wildman–Crippen LogP) is -0.203. The molecule has 0 spiro atoms. The Balaban J connectivity index is 2.39. The highest BCUT2D eigenvalue weighted by atomic mass is 16.5. The molecule has 98 valence electrons. The summed E-state index contributed by atoms with van der Waals surface area (Å²) >= 11 is 0. The second-order valence-electron chi connectivity index (χ2n) is 3.52. The van der Waals surface area contributed by atoms with Crippen LogP contribution in [-0.2, 0) is 4.74 Å². The van der Waals surface area contributed by atoms with Crippen molar-refractivity contribution in [2.75, 3.05) is 7.11 Å². The lowest BCUT2D eigenvalue weighted by atomic mass is 10.3. The molecule has 8 nitrogen and oxygen atoms in total. The van der Waals surface area contributed by atoms with Crippen LogP contribution in [0.25, 0.3) is 11.0 Å². The van der Waals surface area contributed by atoms with Crippen LogP contribution in [-0.4, -0.2) is 19.4 Å². The van der Waals surface area contributed by atoms with Crippen molar-refractivity contribution < 1.29 is 19.0 Å². The Labute approximate surface area is 107 Å². The van der Waals surface area contributed by atoms with E-state index in [0.717, 1.165) is 12.4 Å². The number of nitrogens with one attached hydrogen (secondary N) is 1. The molecule has 0 radical (unpaired) electrons. The van der Waals surface area contributed by atoms with Crippen molar-refractivity contribution in [2.45, 2.75) is 0 Å². The van der Waals surface area contributed by atoms with E-state index in [0.29, 0.717) is 9.46 Å². The summed E-state index contributed by atoms with van der Waals surface area (Å²) < 4.78 is 5.40.